The largest absolute Gasteiger partial charge is 0.340 e. The van der Waals surface area contributed by atoms with E-state index in [9.17, 15) is 4.79 Å². The smallest absolute Gasteiger partial charge is 0.227 e. The summed E-state index contributed by atoms with van der Waals surface area (Å²) in [6, 6.07) is 8.79. The molecule has 126 valence electrons. The normalized spacial score (nSPS) is 21.2. The standard InChI is InChI=1S/C19H27BrN2O/c20-18-10-6-5-7-16(18)15-19(23)22-13-11-21(12-14-22)17-8-3-1-2-4-9-17/h5-7,10,17H,1-4,8-9,11-15H2. The Morgan fingerprint density at radius 1 is 1.00 bits per heavy atom. The van der Waals surface area contributed by atoms with E-state index < -0.39 is 0 Å². The van der Waals surface area contributed by atoms with E-state index in [1.165, 1.54) is 38.5 Å². The van der Waals surface area contributed by atoms with E-state index in [2.05, 4.69) is 20.8 Å². The van der Waals surface area contributed by atoms with Gasteiger partial charge >= 0.3 is 0 Å². The maximum atomic E-state index is 12.5. The zero-order valence-corrected chi connectivity index (χ0v) is 15.4. The average Bonchev–Trinajstić information content (AvgIpc) is 2.86. The van der Waals surface area contributed by atoms with Gasteiger partial charge in [0.25, 0.3) is 0 Å². The Balaban J connectivity index is 1.50. The van der Waals surface area contributed by atoms with Crippen molar-refractivity contribution in [3.63, 3.8) is 0 Å². The maximum absolute atomic E-state index is 12.5. The fourth-order valence-corrected chi connectivity index (χ4v) is 4.30. The molecule has 0 atom stereocenters. The second-order valence-electron chi connectivity index (χ2n) is 6.83. The van der Waals surface area contributed by atoms with Gasteiger partial charge in [0.15, 0.2) is 0 Å². The number of hydrogen-bond acceptors (Lipinski definition) is 2. The van der Waals surface area contributed by atoms with Gasteiger partial charge in [-0.15, -0.1) is 0 Å². The Hall–Kier alpha value is -0.870. The highest BCUT2D eigenvalue weighted by Crippen LogP contribution is 2.23. The molecule has 0 unspecified atom stereocenters. The molecule has 1 saturated carbocycles. The monoisotopic (exact) mass is 378 g/mol. The van der Waals surface area contributed by atoms with Crippen molar-refractivity contribution in [2.75, 3.05) is 26.2 Å². The molecule has 0 N–H and O–H groups in total. The van der Waals surface area contributed by atoms with Crippen LogP contribution >= 0.6 is 15.9 Å². The number of hydrogen-bond donors (Lipinski definition) is 0. The van der Waals surface area contributed by atoms with Crippen molar-refractivity contribution in [3.05, 3.63) is 34.3 Å². The fourth-order valence-electron chi connectivity index (χ4n) is 3.88. The minimum Gasteiger partial charge on any atom is -0.340 e. The first-order valence-electron chi connectivity index (χ1n) is 8.99. The quantitative estimate of drug-likeness (QED) is 0.745. The first-order valence-corrected chi connectivity index (χ1v) is 9.78. The second kappa shape index (κ2) is 8.29. The van der Waals surface area contributed by atoms with Gasteiger partial charge in [-0.2, -0.15) is 0 Å². The summed E-state index contributed by atoms with van der Waals surface area (Å²) < 4.78 is 1.03. The van der Waals surface area contributed by atoms with E-state index in [1.54, 1.807) is 0 Å². The molecule has 3 rings (SSSR count). The molecular formula is C19H27BrN2O. The fraction of sp³-hybridized carbons (Fsp3) is 0.632. The highest BCUT2D eigenvalue weighted by molar-refractivity contribution is 9.10. The summed E-state index contributed by atoms with van der Waals surface area (Å²) in [6.07, 6.45) is 8.78. The molecule has 1 aliphatic carbocycles. The number of carbonyl (C=O) groups is 1. The zero-order chi connectivity index (χ0) is 16.1. The summed E-state index contributed by atoms with van der Waals surface area (Å²) in [5.41, 5.74) is 1.09. The number of halogens is 1. The SMILES string of the molecule is O=C(Cc1ccccc1Br)N1CCN(C2CCCCCC2)CC1. The van der Waals surface area contributed by atoms with Gasteiger partial charge < -0.3 is 4.90 Å². The van der Waals surface area contributed by atoms with Crippen LogP contribution in [0.1, 0.15) is 44.1 Å². The molecule has 1 amide bonds. The van der Waals surface area contributed by atoms with Crippen LogP contribution in [-0.2, 0) is 11.2 Å². The number of amides is 1. The van der Waals surface area contributed by atoms with Crippen LogP contribution in [0.25, 0.3) is 0 Å². The van der Waals surface area contributed by atoms with Crippen molar-refractivity contribution in [3.8, 4) is 0 Å². The van der Waals surface area contributed by atoms with Crippen LogP contribution in [0.5, 0.6) is 0 Å². The van der Waals surface area contributed by atoms with Crippen molar-refractivity contribution in [1.29, 1.82) is 0 Å². The van der Waals surface area contributed by atoms with Crippen LogP contribution in [0, 0.1) is 0 Å². The van der Waals surface area contributed by atoms with E-state index in [0.29, 0.717) is 6.42 Å². The van der Waals surface area contributed by atoms with Gasteiger partial charge in [-0.1, -0.05) is 59.8 Å². The van der Waals surface area contributed by atoms with Crippen molar-refractivity contribution < 1.29 is 4.79 Å². The lowest BCUT2D eigenvalue weighted by Crippen LogP contribution is -2.52. The summed E-state index contributed by atoms with van der Waals surface area (Å²) >= 11 is 3.54. The predicted octanol–water partition coefficient (Wildman–Crippen LogP) is 3.86. The lowest BCUT2D eigenvalue weighted by molar-refractivity contribution is -0.132. The highest BCUT2D eigenvalue weighted by Gasteiger charge is 2.26. The molecule has 2 aliphatic rings. The Kier molecular flexibility index (Phi) is 6.12. The summed E-state index contributed by atoms with van der Waals surface area (Å²) in [5, 5.41) is 0. The first-order chi connectivity index (χ1) is 11.2. The maximum Gasteiger partial charge on any atom is 0.227 e. The van der Waals surface area contributed by atoms with E-state index >= 15 is 0 Å². The number of benzene rings is 1. The van der Waals surface area contributed by atoms with Gasteiger partial charge in [0.1, 0.15) is 0 Å². The molecule has 0 bridgehead atoms. The van der Waals surface area contributed by atoms with Crippen molar-refractivity contribution in [2.45, 2.75) is 51.0 Å². The van der Waals surface area contributed by atoms with E-state index in [0.717, 1.165) is 42.3 Å². The molecule has 0 aromatic heterocycles. The molecule has 23 heavy (non-hydrogen) atoms. The first kappa shape index (κ1) is 17.0. The van der Waals surface area contributed by atoms with Crippen molar-refractivity contribution in [2.24, 2.45) is 0 Å². The van der Waals surface area contributed by atoms with Crippen LogP contribution in [0.3, 0.4) is 0 Å². The summed E-state index contributed by atoms with van der Waals surface area (Å²) in [5.74, 6) is 0.261. The molecule has 0 radical (unpaired) electrons. The van der Waals surface area contributed by atoms with Crippen LogP contribution in [-0.4, -0.2) is 47.9 Å². The molecule has 1 aromatic carbocycles. The number of piperazine rings is 1. The minimum atomic E-state index is 0.261. The van der Waals surface area contributed by atoms with E-state index in [-0.39, 0.29) is 5.91 Å². The molecule has 1 saturated heterocycles. The van der Waals surface area contributed by atoms with E-state index in [4.69, 9.17) is 0 Å². The molecule has 1 heterocycles. The van der Waals surface area contributed by atoms with Gasteiger partial charge in [0, 0.05) is 36.7 Å². The van der Waals surface area contributed by atoms with Gasteiger partial charge in [-0.05, 0) is 24.5 Å². The molecule has 1 aliphatic heterocycles. The summed E-state index contributed by atoms with van der Waals surface area (Å²) in [7, 11) is 0. The summed E-state index contributed by atoms with van der Waals surface area (Å²) in [4.78, 5) is 17.2. The molecule has 3 nitrogen and oxygen atoms in total. The number of carbonyl (C=O) groups excluding carboxylic acids is 1. The second-order valence-corrected chi connectivity index (χ2v) is 7.68. The zero-order valence-electron chi connectivity index (χ0n) is 13.8. The Morgan fingerprint density at radius 3 is 2.30 bits per heavy atom. The molecule has 4 heteroatoms. The lowest BCUT2D eigenvalue weighted by Gasteiger charge is -2.39. The molecule has 2 fully saturated rings. The Labute approximate surface area is 148 Å². The highest BCUT2D eigenvalue weighted by atomic mass is 79.9. The van der Waals surface area contributed by atoms with Crippen LogP contribution in [0.2, 0.25) is 0 Å². The Bertz CT molecular complexity index is 518. The minimum absolute atomic E-state index is 0.261. The third-order valence-corrected chi connectivity index (χ3v) is 6.08. The van der Waals surface area contributed by atoms with Gasteiger partial charge in [-0.3, -0.25) is 9.69 Å². The predicted molar refractivity (Wildman–Crippen MR) is 97.5 cm³/mol. The molecule has 1 aromatic rings. The number of nitrogens with zero attached hydrogens (tertiary/aromatic N) is 2. The van der Waals surface area contributed by atoms with Crippen LogP contribution in [0.15, 0.2) is 28.7 Å². The summed E-state index contributed by atoms with van der Waals surface area (Å²) in [6.45, 7) is 3.87. The van der Waals surface area contributed by atoms with Crippen molar-refractivity contribution >= 4 is 21.8 Å². The van der Waals surface area contributed by atoms with Crippen LogP contribution in [0.4, 0.5) is 0 Å². The third kappa shape index (κ3) is 4.57. The topological polar surface area (TPSA) is 23.6 Å². The Morgan fingerprint density at radius 2 is 1.65 bits per heavy atom. The van der Waals surface area contributed by atoms with Gasteiger partial charge in [-0.25, -0.2) is 0 Å². The van der Waals surface area contributed by atoms with Crippen LogP contribution < -0.4 is 0 Å². The molecule has 0 spiro atoms. The van der Waals surface area contributed by atoms with Gasteiger partial charge in [0.05, 0.1) is 6.42 Å². The lowest BCUT2D eigenvalue weighted by atomic mass is 10.1. The van der Waals surface area contributed by atoms with Crippen molar-refractivity contribution in [1.82, 2.24) is 9.80 Å². The van der Waals surface area contributed by atoms with E-state index in [1.807, 2.05) is 29.2 Å². The third-order valence-electron chi connectivity index (χ3n) is 5.31. The van der Waals surface area contributed by atoms with Gasteiger partial charge in [0.2, 0.25) is 5.91 Å². The molecular weight excluding hydrogens is 352 g/mol. The number of rotatable bonds is 3. The average molecular weight is 379 g/mol.